The monoisotopic (exact) mass is 302 g/mol. The van der Waals surface area contributed by atoms with Crippen molar-refractivity contribution in [1.82, 2.24) is 0 Å². The van der Waals surface area contributed by atoms with Gasteiger partial charge >= 0.3 is 18.3 Å². The fourth-order valence-electron chi connectivity index (χ4n) is 1.50. The van der Waals surface area contributed by atoms with Crippen LogP contribution in [0.1, 0.15) is 19.3 Å². The topological polar surface area (TPSA) is 97.4 Å². The summed E-state index contributed by atoms with van der Waals surface area (Å²) in [7, 11) is 0. The van der Waals surface area contributed by atoms with E-state index >= 15 is 0 Å². The molecule has 1 aliphatic heterocycles. The predicted octanol–water partition coefficient (Wildman–Crippen LogP) is 1.57. The zero-order chi connectivity index (χ0) is 15.5. The number of carbonyl (C=O) groups is 3. The van der Waals surface area contributed by atoms with E-state index in [0.717, 1.165) is 12.5 Å². The lowest BCUT2D eigenvalue weighted by molar-refractivity contribution is -0.139. The van der Waals surface area contributed by atoms with Crippen molar-refractivity contribution in [3.05, 3.63) is 12.7 Å². The van der Waals surface area contributed by atoms with Gasteiger partial charge < -0.3 is 23.7 Å². The van der Waals surface area contributed by atoms with E-state index in [2.05, 4.69) is 20.8 Å². The zero-order valence-corrected chi connectivity index (χ0v) is 11.6. The van der Waals surface area contributed by atoms with Crippen molar-refractivity contribution >= 4 is 18.3 Å². The summed E-state index contributed by atoms with van der Waals surface area (Å²) in [5, 5.41) is 0. The van der Waals surface area contributed by atoms with E-state index in [9.17, 15) is 14.4 Å². The number of hydrogen-bond donors (Lipinski definition) is 0. The third-order valence-electron chi connectivity index (χ3n) is 2.50. The molecular formula is C13H18O8. The molecule has 0 spiro atoms. The van der Waals surface area contributed by atoms with E-state index in [-0.39, 0.29) is 32.5 Å². The normalized spacial score (nSPS) is 16.6. The highest BCUT2D eigenvalue weighted by molar-refractivity contribution is 5.81. The molecule has 0 aromatic rings. The molecule has 1 heterocycles. The first-order valence-electron chi connectivity index (χ1n) is 6.54. The van der Waals surface area contributed by atoms with Crippen molar-refractivity contribution in [1.29, 1.82) is 0 Å². The van der Waals surface area contributed by atoms with Crippen LogP contribution in [0.4, 0.5) is 9.59 Å². The number of rotatable bonds is 9. The Labute approximate surface area is 121 Å². The molecule has 1 fully saturated rings. The van der Waals surface area contributed by atoms with Gasteiger partial charge in [-0.15, -0.1) is 0 Å². The largest absolute Gasteiger partial charge is 0.508 e. The van der Waals surface area contributed by atoms with Gasteiger partial charge in [-0.25, -0.2) is 14.4 Å². The van der Waals surface area contributed by atoms with Crippen LogP contribution in [-0.2, 0) is 28.5 Å². The quantitative estimate of drug-likeness (QED) is 0.274. The summed E-state index contributed by atoms with van der Waals surface area (Å²) in [6.45, 7) is 3.57. The van der Waals surface area contributed by atoms with Gasteiger partial charge in [0.05, 0.1) is 6.61 Å². The first-order valence-corrected chi connectivity index (χ1v) is 6.54. The summed E-state index contributed by atoms with van der Waals surface area (Å²) >= 11 is 0. The average Bonchev–Trinajstić information content (AvgIpc) is 2.88. The van der Waals surface area contributed by atoms with E-state index in [4.69, 9.17) is 9.47 Å². The van der Waals surface area contributed by atoms with Gasteiger partial charge in [-0.2, -0.15) is 0 Å². The van der Waals surface area contributed by atoms with Crippen LogP contribution in [0.5, 0.6) is 0 Å². The number of esters is 1. The molecule has 0 saturated carbocycles. The molecule has 21 heavy (non-hydrogen) atoms. The Kier molecular flexibility index (Phi) is 7.70. The van der Waals surface area contributed by atoms with Crippen LogP contribution in [0.3, 0.4) is 0 Å². The summed E-state index contributed by atoms with van der Waals surface area (Å²) in [6, 6.07) is 0. The average molecular weight is 302 g/mol. The molecule has 1 atom stereocenters. The van der Waals surface area contributed by atoms with E-state index in [0.29, 0.717) is 12.8 Å². The van der Waals surface area contributed by atoms with Crippen LogP contribution in [0.2, 0.25) is 0 Å². The summed E-state index contributed by atoms with van der Waals surface area (Å²) < 4.78 is 23.5. The molecular weight excluding hydrogens is 284 g/mol. The lowest BCUT2D eigenvalue weighted by atomic mass is 10.2. The number of ether oxygens (including phenoxy) is 5. The molecule has 0 aromatic heterocycles. The molecule has 1 saturated heterocycles. The van der Waals surface area contributed by atoms with Crippen molar-refractivity contribution in [2.24, 2.45) is 0 Å². The molecule has 0 aromatic carbocycles. The van der Waals surface area contributed by atoms with Crippen molar-refractivity contribution in [2.75, 3.05) is 26.4 Å². The Morgan fingerprint density at radius 1 is 1.19 bits per heavy atom. The van der Waals surface area contributed by atoms with Gasteiger partial charge in [0.1, 0.15) is 25.9 Å². The Balaban J connectivity index is 1.90. The van der Waals surface area contributed by atoms with Gasteiger partial charge in [0, 0.05) is 6.08 Å². The van der Waals surface area contributed by atoms with E-state index in [1.165, 1.54) is 0 Å². The maximum atomic E-state index is 11.1. The second kappa shape index (κ2) is 9.62. The standard InChI is InChI=1S/C13H18O8/c1-2-11(14)17-7-8-19-12(15)18-6-4-3-5-10-9-20-13(16)21-10/h2,10H,1,3-9H2. The Hall–Kier alpha value is -2.25. The molecule has 0 bridgehead atoms. The maximum Gasteiger partial charge on any atom is 0.508 e. The molecule has 0 radical (unpaired) electrons. The molecule has 8 nitrogen and oxygen atoms in total. The molecule has 1 aliphatic rings. The zero-order valence-electron chi connectivity index (χ0n) is 11.6. The van der Waals surface area contributed by atoms with Crippen molar-refractivity contribution in [3.63, 3.8) is 0 Å². The number of unbranched alkanes of at least 4 members (excludes halogenated alkanes) is 1. The lowest BCUT2D eigenvalue weighted by Gasteiger charge is -2.07. The van der Waals surface area contributed by atoms with Gasteiger partial charge in [-0.1, -0.05) is 6.58 Å². The molecule has 0 N–H and O–H groups in total. The van der Waals surface area contributed by atoms with Gasteiger partial charge in [0.25, 0.3) is 0 Å². The van der Waals surface area contributed by atoms with Gasteiger partial charge in [-0.05, 0) is 19.3 Å². The molecule has 0 aliphatic carbocycles. The summed E-state index contributed by atoms with van der Waals surface area (Å²) in [6.07, 6.45) is 1.34. The highest BCUT2D eigenvalue weighted by Gasteiger charge is 2.24. The Morgan fingerprint density at radius 2 is 1.90 bits per heavy atom. The first-order chi connectivity index (χ1) is 10.1. The number of cyclic esters (lactones) is 2. The number of hydrogen-bond acceptors (Lipinski definition) is 8. The van der Waals surface area contributed by atoms with Gasteiger partial charge in [0.15, 0.2) is 0 Å². The van der Waals surface area contributed by atoms with Crippen molar-refractivity contribution in [2.45, 2.75) is 25.4 Å². The third-order valence-corrected chi connectivity index (χ3v) is 2.50. The van der Waals surface area contributed by atoms with Gasteiger partial charge in [0.2, 0.25) is 0 Å². The predicted molar refractivity (Wildman–Crippen MR) is 68.5 cm³/mol. The smallest absolute Gasteiger partial charge is 0.459 e. The van der Waals surface area contributed by atoms with E-state index in [1.54, 1.807) is 0 Å². The van der Waals surface area contributed by atoms with Crippen LogP contribution in [0.25, 0.3) is 0 Å². The molecule has 1 unspecified atom stereocenters. The van der Waals surface area contributed by atoms with Crippen LogP contribution in [-0.4, -0.2) is 50.8 Å². The van der Waals surface area contributed by atoms with Crippen LogP contribution < -0.4 is 0 Å². The summed E-state index contributed by atoms with van der Waals surface area (Å²) in [5.41, 5.74) is 0. The highest BCUT2D eigenvalue weighted by atomic mass is 16.8. The van der Waals surface area contributed by atoms with Gasteiger partial charge in [-0.3, -0.25) is 0 Å². The fourth-order valence-corrected chi connectivity index (χ4v) is 1.50. The second-order valence-electron chi connectivity index (χ2n) is 4.12. The van der Waals surface area contributed by atoms with Crippen LogP contribution in [0, 0.1) is 0 Å². The van der Waals surface area contributed by atoms with Crippen molar-refractivity contribution < 1.29 is 38.1 Å². The minimum Gasteiger partial charge on any atom is -0.459 e. The first kappa shape index (κ1) is 16.8. The SMILES string of the molecule is C=CC(=O)OCCOC(=O)OCCCCC1COC(=O)O1. The van der Waals surface area contributed by atoms with E-state index in [1.807, 2.05) is 0 Å². The Bertz CT molecular complexity index is 378. The number of carbonyl (C=O) groups excluding carboxylic acids is 3. The summed E-state index contributed by atoms with van der Waals surface area (Å²) in [4.78, 5) is 32.5. The van der Waals surface area contributed by atoms with Crippen molar-refractivity contribution in [3.8, 4) is 0 Å². The highest BCUT2D eigenvalue weighted by Crippen LogP contribution is 2.12. The second-order valence-corrected chi connectivity index (χ2v) is 4.12. The summed E-state index contributed by atoms with van der Waals surface area (Å²) in [5.74, 6) is -0.580. The third kappa shape index (κ3) is 7.81. The Morgan fingerprint density at radius 3 is 2.57 bits per heavy atom. The fraction of sp³-hybridized carbons (Fsp3) is 0.615. The van der Waals surface area contributed by atoms with Crippen LogP contribution in [0.15, 0.2) is 12.7 Å². The van der Waals surface area contributed by atoms with E-state index < -0.39 is 18.3 Å². The molecule has 1 rings (SSSR count). The maximum absolute atomic E-state index is 11.1. The minimum absolute atomic E-state index is 0.0486. The minimum atomic E-state index is -0.819. The van der Waals surface area contributed by atoms with Crippen LogP contribution >= 0.6 is 0 Å². The molecule has 118 valence electrons. The molecule has 0 amide bonds. The molecule has 8 heteroatoms. The lowest BCUT2D eigenvalue weighted by Crippen LogP contribution is -2.14.